The summed E-state index contributed by atoms with van der Waals surface area (Å²) in [6.45, 7) is 0. The van der Waals surface area contributed by atoms with E-state index in [9.17, 15) is 20.2 Å². The molecule has 0 N–H and O–H groups in total. The number of hydrogen-bond donors (Lipinski definition) is 0. The van der Waals surface area contributed by atoms with Crippen molar-refractivity contribution in [2.24, 2.45) is 0 Å². The van der Waals surface area contributed by atoms with Crippen LogP contribution in [0.15, 0.2) is 30.4 Å². The van der Waals surface area contributed by atoms with Crippen molar-refractivity contribution in [3.8, 4) is 0 Å². The Morgan fingerprint density at radius 1 is 1.25 bits per heavy atom. The van der Waals surface area contributed by atoms with Crippen LogP contribution < -0.4 is 0 Å². The average Bonchev–Trinajstić information content (AvgIpc) is 2.27. The fraction of sp³-hybridized carbons (Fsp3) is 0.200. The van der Waals surface area contributed by atoms with Crippen LogP contribution in [0.5, 0.6) is 0 Å². The summed E-state index contributed by atoms with van der Waals surface area (Å²) in [5.74, 6) is 0. The molecule has 1 aliphatic carbocycles. The molecule has 1 aromatic rings. The van der Waals surface area contributed by atoms with Gasteiger partial charge in [-0.05, 0) is 12.5 Å². The van der Waals surface area contributed by atoms with Crippen LogP contribution in [0.4, 0.5) is 5.69 Å². The van der Waals surface area contributed by atoms with Gasteiger partial charge in [-0.1, -0.05) is 18.2 Å². The number of rotatable bonds is 2. The standard InChI is InChI=1S/C10H8N2O4/c13-11(14)9-5-1-3-7-8(9)4-2-6-10(7)12(15)16/h1-3,5-6,10H,4H2. The Labute approximate surface area is 90.5 Å². The van der Waals surface area contributed by atoms with Crippen molar-refractivity contribution in [2.45, 2.75) is 12.5 Å². The van der Waals surface area contributed by atoms with E-state index in [0.717, 1.165) is 0 Å². The maximum Gasteiger partial charge on any atom is 0.273 e. The van der Waals surface area contributed by atoms with Crippen molar-refractivity contribution < 1.29 is 9.85 Å². The van der Waals surface area contributed by atoms with E-state index in [0.29, 0.717) is 17.5 Å². The number of nitrogens with zero attached hydrogens (tertiary/aromatic N) is 2. The van der Waals surface area contributed by atoms with Crippen LogP contribution in [0.3, 0.4) is 0 Å². The van der Waals surface area contributed by atoms with Crippen molar-refractivity contribution >= 4 is 5.69 Å². The lowest BCUT2D eigenvalue weighted by Gasteiger charge is -2.14. The Balaban J connectivity index is 2.58. The van der Waals surface area contributed by atoms with Crippen LogP contribution in [0.25, 0.3) is 0 Å². The summed E-state index contributed by atoms with van der Waals surface area (Å²) in [7, 11) is 0. The van der Waals surface area contributed by atoms with Gasteiger partial charge in [0.15, 0.2) is 0 Å². The molecule has 16 heavy (non-hydrogen) atoms. The molecule has 1 unspecified atom stereocenters. The molecule has 6 heteroatoms. The van der Waals surface area contributed by atoms with Gasteiger partial charge in [0.25, 0.3) is 11.7 Å². The third kappa shape index (κ3) is 1.54. The van der Waals surface area contributed by atoms with E-state index < -0.39 is 15.9 Å². The maximum atomic E-state index is 10.8. The lowest BCUT2D eigenvalue weighted by molar-refractivity contribution is -0.515. The van der Waals surface area contributed by atoms with E-state index in [1.807, 2.05) is 0 Å². The fourth-order valence-corrected chi connectivity index (χ4v) is 1.86. The van der Waals surface area contributed by atoms with E-state index in [2.05, 4.69) is 0 Å². The number of allylic oxidation sites excluding steroid dienone is 1. The molecule has 1 aromatic carbocycles. The van der Waals surface area contributed by atoms with Crippen LogP contribution in [-0.2, 0) is 6.42 Å². The minimum absolute atomic E-state index is 0.0475. The summed E-state index contributed by atoms with van der Waals surface area (Å²) < 4.78 is 0. The molecule has 0 amide bonds. The van der Waals surface area contributed by atoms with Gasteiger partial charge in [-0.3, -0.25) is 20.2 Å². The Kier molecular flexibility index (Phi) is 2.40. The third-order valence-electron chi connectivity index (χ3n) is 2.57. The number of nitro groups is 2. The highest BCUT2D eigenvalue weighted by Gasteiger charge is 2.29. The molecular weight excluding hydrogens is 212 g/mol. The zero-order chi connectivity index (χ0) is 11.7. The van der Waals surface area contributed by atoms with Gasteiger partial charge in [-0.25, -0.2) is 0 Å². The molecule has 1 atom stereocenters. The molecule has 0 spiro atoms. The van der Waals surface area contributed by atoms with Crippen LogP contribution in [0, 0.1) is 20.2 Å². The fourth-order valence-electron chi connectivity index (χ4n) is 1.86. The van der Waals surface area contributed by atoms with Gasteiger partial charge in [0.1, 0.15) is 0 Å². The number of benzene rings is 1. The van der Waals surface area contributed by atoms with Crippen molar-refractivity contribution in [1.29, 1.82) is 0 Å². The second-order valence-electron chi connectivity index (χ2n) is 3.46. The largest absolute Gasteiger partial charge is 0.273 e. The zero-order valence-corrected chi connectivity index (χ0v) is 8.20. The molecule has 0 saturated carbocycles. The van der Waals surface area contributed by atoms with Crippen molar-refractivity contribution in [2.75, 3.05) is 0 Å². The number of nitro benzene ring substituents is 1. The van der Waals surface area contributed by atoms with Crippen molar-refractivity contribution in [3.05, 3.63) is 61.7 Å². The van der Waals surface area contributed by atoms with Gasteiger partial charge < -0.3 is 0 Å². The van der Waals surface area contributed by atoms with E-state index in [1.165, 1.54) is 18.2 Å². The highest BCUT2D eigenvalue weighted by Crippen LogP contribution is 2.32. The van der Waals surface area contributed by atoms with Gasteiger partial charge in [0.05, 0.1) is 4.92 Å². The molecule has 0 radical (unpaired) electrons. The van der Waals surface area contributed by atoms with Gasteiger partial charge in [-0.15, -0.1) is 0 Å². The zero-order valence-electron chi connectivity index (χ0n) is 8.20. The van der Waals surface area contributed by atoms with Crippen molar-refractivity contribution in [1.82, 2.24) is 0 Å². The first-order chi connectivity index (χ1) is 7.61. The lowest BCUT2D eigenvalue weighted by atomic mass is 9.92. The Hall–Kier alpha value is -2.24. The minimum Gasteiger partial charge on any atom is -0.264 e. The topological polar surface area (TPSA) is 86.3 Å². The van der Waals surface area contributed by atoms with E-state index >= 15 is 0 Å². The quantitative estimate of drug-likeness (QED) is 0.433. The lowest BCUT2D eigenvalue weighted by Crippen LogP contribution is -2.14. The van der Waals surface area contributed by atoms with Crippen LogP contribution in [-0.4, -0.2) is 9.85 Å². The normalized spacial score (nSPS) is 17.9. The summed E-state index contributed by atoms with van der Waals surface area (Å²) in [5.41, 5.74) is 0.812. The molecule has 1 aliphatic rings. The molecule has 6 nitrogen and oxygen atoms in total. The molecular formula is C10H8N2O4. The SMILES string of the molecule is O=[N+]([O-])c1cccc2c1CC=CC2[N+](=O)[O-]. The second-order valence-corrected chi connectivity index (χ2v) is 3.46. The summed E-state index contributed by atoms with van der Waals surface area (Å²) in [6, 6.07) is 3.45. The molecule has 0 aliphatic heterocycles. The van der Waals surface area contributed by atoms with E-state index in [4.69, 9.17) is 0 Å². The van der Waals surface area contributed by atoms with Gasteiger partial charge in [0.2, 0.25) is 0 Å². The second kappa shape index (κ2) is 3.73. The summed E-state index contributed by atoms with van der Waals surface area (Å²) in [4.78, 5) is 20.6. The van der Waals surface area contributed by atoms with Gasteiger partial charge in [0, 0.05) is 22.1 Å². The minimum atomic E-state index is -0.969. The first-order valence-corrected chi connectivity index (χ1v) is 4.67. The first kappa shape index (κ1) is 10.3. The smallest absolute Gasteiger partial charge is 0.264 e. The monoisotopic (exact) mass is 220 g/mol. The first-order valence-electron chi connectivity index (χ1n) is 4.67. The predicted molar refractivity (Wildman–Crippen MR) is 55.7 cm³/mol. The summed E-state index contributed by atoms with van der Waals surface area (Å²) >= 11 is 0. The Morgan fingerprint density at radius 3 is 2.62 bits per heavy atom. The van der Waals surface area contributed by atoms with E-state index in [1.54, 1.807) is 12.1 Å². The molecule has 0 saturated heterocycles. The van der Waals surface area contributed by atoms with Crippen molar-refractivity contribution in [3.63, 3.8) is 0 Å². The number of fused-ring (bicyclic) bond motifs is 1. The third-order valence-corrected chi connectivity index (χ3v) is 2.57. The Morgan fingerprint density at radius 2 is 2.00 bits per heavy atom. The van der Waals surface area contributed by atoms with E-state index in [-0.39, 0.29) is 5.69 Å². The van der Waals surface area contributed by atoms with Gasteiger partial charge >= 0.3 is 0 Å². The molecule has 0 fully saturated rings. The highest BCUT2D eigenvalue weighted by molar-refractivity contribution is 5.50. The molecule has 0 heterocycles. The van der Waals surface area contributed by atoms with Crippen LogP contribution in [0.1, 0.15) is 17.2 Å². The Bertz CT molecular complexity index is 496. The molecule has 0 aromatic heterocycles. The molecule has 0 bridgehead atoms. The van der Waals surface area contributed by atoms with Crippen LogP contribution in [0.2, 0.25) is 0 Å². The van der Waals surface area contributed by atoms with Crippen LogP contribution >= 0.6 is 0 Å². The maximum absolute atomic E-state index is 10.8. The van der Waals surface area contributed by atoms with Gasteiger partial charge in [-0.2, -0.15) is 0 Å². The molecule has 2 rings (SSSR count). The number of hydrogen-bond acceptors (Lipinski definition) is 4. The average molecular weight is 220 g/mol. The summed E-state index contributed by atoms with van der Waals surface area (Å²) in [5, 5.41) is 21.5. The summed E-state index contributed by atoms with van der Waals surface area (Å²) in [6.07, 6.45) is 3.44. The highest BCUT2D eigenvalue weighted by atomic mass is 16.6. The molecule has 82 valence electrons. The predicted octanol–water partition coefficient (Wildman–Crippen LogP) is 2.02.